The van der Waals surface area contributed by atoms with Gasteiger partial charge in [-0.15, -0.1) is 4.52 Å². The van der Waals surface area contributed by atoms with E-state index in [1.165, 1.54) is 22.8 Å². The van der Waals surface area contributed by atoms with Crippen LogP contribution >= 0.6 is 0 Å². The van der Waals surface area contributed by atoms with E-state index in [1.807, 2.05) is 18.5 Å². The lowest BCUT2D eigenvalue weighted by Gasteiger charge is -2.20. The first-order valence-corrected chi connectivity index (χ1v) is 9.74. The molecule has 8 heteroatoms. The molecule has 7 nitrogen and oxygen atoms in total. The molecule has 0 spiro atoms. The Labute approximate surface area is 172 Å². The summed E-state index contributed by atoms with van der Waals surface area (Å²) in [5.74, 6) is 0.571. The third-order valence-corrected chi connectivity index (χ3v) is 5.47. The lowest BCUT2D eigenvalue weighted by molar-refractivity contribution is 0.146. The van der Waals surface area contributed by atoms with Crippen molar-refractivity contribution in [3.8, 4) is 22.6 Å². The smallest absolute Gasteiger partial charge is 0.275 e. The molecule has 4 aromatic rings. The van der Waals surface area contributed by atoms with Crippen molar-refractivity contribution in [2.24, 2.45) is 5.92 Å². The summed E-state index contributed by atoms with van der Waals surface area (Å²) in [5.41, 5.74) is 3.61. The van der Waals surface area contributed by atoms with E-state index in [4.69, 9.17) is 16.4 Å². The number of ether oxygens (including phenoxy) is 1. The van der Waals surface area contributed by atoms with Gasteiger partial charge < -0.3 is 14.1 Å². The average Bonchev–Trinajstić information content (AvgIpc) is 3.38. The van der Waals surface area contributed by atoms with Crippen molar-refractivity contribution >= 4 is 11.5 Å². The summed E-state index contributed by atoms with van der Waals surface area (Å²) in [4.78, 5) is 12.4. The van der Waals surface area contributed by atoms with Gasteiger partial charge in [-0.3, -0.25) is 0 Å². The van der Waals surface area contributed by atoms with Crippen LogP contribution in [0.15, 0.2) is 48.9 Å². The first-order chi connectivity index (χ1) is 14.7. The molecule has 1 unspecified atom stereocenters. The summed E-state index contributed by atoms with van der Waals surface area (Å²) in [6.45, 7) is 7.94. The number of benzene rings is 1. The van der Waals surface area contributed by atoms with E-state index >= 15 is 0 Å². The third kappa shape index (κ3) is 3.13. The molecule has 0 aliphatic heterocycles. The maximum Gasteiger partial charge on any atom is 0.275 e. The van der Waals surface area contributed by atoms with Gasteiger partial charge in [0.25, 0.3) is 5.82 Å². The van der Waals surface area contributed by atoms with Crippen molar-refractivity contribution in [3.63, 3.8) is 0 Å². The van der Waals surface area contributed by atoms with Crippen LogP contribution in [0.4, 0.5) is 10.2 Å². The Morgan fingerprint density at radius 1 is 1.20 bits per heavy atom. The molecule has 5 rings (SSSR count). The normalized spacial score (nSPS) is 14.7. The van der Waals surface area contributed by atoms with Crippen LogP contribution in [-0.4, -0.2) is 37.9 Å². The van der Waals surface area contributed by atoms with E-state index in [2.05, 4.69) is 19.4 Å². The zero-order valence-electron chi connectivity index (χ0n) is 16.4. The van der Waals surface area contributed by atoms with Gasteiger partial charge in [0.15, 0.2) is 0 Å². The maximum atomic E-state index is 13.5. The molecule has 30 heavy (non-hydrogen) atoms. The zero-order valence-corrected chi connectivity index (χ0v) is 16.4. The number of rotatable bonds is 6. The van der Waals surface area contributed by atoms with E-state index in [1.54, 1.807) is 19.2 Å². The van der Waals surface area contributed by atoms with Crippen LogP contribution in [0.2, 0.25) is 0 Å². The SMILES string of the molecule is [C-]#[N+]c1cnc2ccc(-c3c(-c4ccc(F)cc4)ncn3C(COC)C3CC3)nn12. The highest BCUT2D eigenvalue weighted by Gasteiger charge is 2.35. The summed E-state index contributed by atoms with van der Waals surface area (Å²) in [6.07, 6.45) is 5.61. The van der Waals surface area contributed by atoms with Crippen molar-refractivity contribution in [1.82, 2.24) is 24.1 Å². The molecule has 1 aromatic carbocycles. The van der Waals surface area contributed by atoms with Gasteiger partial charge in [-0.05, 0) is 49.1 Å². The van der Waals surface area contributed by atoms with Gasteiger partial charge in [-0.1, -0.05) is 11.7 Å². The largest absolute Gasteiger partial charge is 0.383 e. The Balaban J connectivity index is 1.72. The first kappa shape index (κ1) is 18.5. The maximum absolute atomic E-state index is 13.5. The summed E-state index contributed by atoms with van der Waals surface area (Å²) in [5, 5.41) is 4.70. The molecule has 3 heterocycles. The van der Waals surface area contributed by atoms with Gasteiger partial charge >= 0.3 is 0 Å². The summed E-state index contributed by atoms with van der Waals surface area (Å²) < 4.78 is 22.7. The minimum Gasteiger partial charge on any atom is -0.383 e. The number of methoxy groups -OCH3 is 1. The van der Waals surface area contributed by atoms with Gasteiger partial charge in [-0.2, -0.15) is 0 Å². The quantitative estimate of drug-likeness (QED) is 0.444. The van der Waals surface area contributed by atoms with Crippen LogP contribution in [-0.2, 0) is 4.74 Å². The predicted octanol–water partition coefficient (Wildman–Crippen LogP) is 4.55. The minimum absolute atomic E-state index is 0.132. The number of nitrogens with zero attached hydrogens (tertiary/aromatic N) is 6. The fourth-order valence-corrected chi connectivity index (χ4v) is 3.84. The van der Waals surface area contributed by atoms with E-state index in [0.717, 1.165) is 24.1 Å². The molecule has 0 bridgehead atoms. The number of hydrogen-bond acceptors (Lipinski definition) is 4. The van der Waals surface area contributed by atoms with Crippen LogP contribution in [0.5, 0.6) is 0 Å². The molecular formula is C22H19FN6O. The molecule has 0 N–H and O–H groups in total. The van der Waals surface area contributed by atoms with E-state index < -0.39 is 0 Å². The Morgan fingerprint density at radius 3 is 2.70 bits per heavy atom. The lowest BCUT2D eigenvalue weighted by atomic mass is 10.1. The molecule has 0 saturated heterocycles. The van der Waals surface area contributed by atoms with Gasteiger partial charge in [0.1, 0.15) is 11.5 Å². The molecule has 3 aromatic heterocycles. The molecule has 0 radical (unpaired) electrons. The molecule has 1 aliphatic carbocycles. The van der Waals surface area contributed by atoms with Crippen molar-refractivity contribution in [2.45, 2.75) is 18.9 Å². The van der Waals surface area contributed by atoms with E-state index in [9.17, 15) is 4.39 Å². The molecule has 150 valence electrons. The predicted molar refractivity (Wildman–Crippen MR) is 110 cm³/mol. The van der Waals surface area contributed by atoms with Gasteiger partial charge in [0.05, 0.1) is 36.6 Å². The number of imidazole rings is 2. The number of hydrogen-bond donors (Lipinski definition) is 0. The van der Waals surface area contributed by atoms with E-state index in [-0.39, 0.29) is 11.9 Å². The van der Waals surface area contributed by atoms with Gasteiger partial charge in [-0.25, -0.2) is 14.4 Å². The Hall–Kier alpha value is -3.57. The fourth-order valence-electron chi connectivity index (χ4n) is 3.84. The summed E-state index contributed by atoms with van der Waals surface area (Å²) >= 11 is 0. The van der Waals surface area contributed by atoms with Crippen LogP contribution in [0.25, 0.3) is 33.1 Å². The molecule has 1 aliphatic rings. The summed E-state index contributed by atoms with van der Waals surface area (Å²) in [7, 11) is 1.70. The second kappa shape index (κ2) is 7.35. The van der Waals surface area contributed by atoms with Gasteiger partial charge in [0, 0.05) is 18.7 Å². The van der Waals surface area contributed by atoms with Crippen molar-refractivity contribution in [3.05, 3.63) is 66.2 Å². The number of halogens is 1. The van der Waals surface area contributed by atoms with Crippen LogP contribution < -0.4 is 0 Å². The fraction of sp³-hybridized carbons (Fsp3) is 0.273. The second-order valence-electron chi connectivity index (χ2n) is 7.43. The zero-order chi connectivity index (χ0) is 20.7. The summed E-state index contributed by atoms with van der Waals surface area (Å²) in [6, 6.07) is 10.1. The van der Waals surface area contributed by atoms with Gasteiger partial charge in [0.2, 0.25) is 5.65 Å². The average molecular weight is 402 g/mol. The monoisotopic (exact) mass is 402 g/mol. The molecule has 1 saturated carbocycles. The third-order valence-electron chi connectivity index (χ3n) is 5.47. The minimum atomic E-state index is -0.297. The molecule has 1 fully saturated rings. The van der Waals surface area contributed by atoms with Crippen molar-refractivity contribution in [2.75, 3.05) is 13.7 Å². The molecule has 0 amide bonds. The van der Waals surface area contributed by atoms with Crippen LogP contribution in [0.3, 0.4) is 0 Å². The highest BCUT2D eigenvalue weighted by molar-refractivity contribution is 5.77. The second-order valence-corrected chi connectivity index (χ2v) is 7.43. The van der Waals surface area contributed by atoms with Crippen molar-refractivity contribution < 1.29 is 9.13 Å². The number of aromatic nitrogens is 5. The lowest BCUT2D eigenvalue weighted by Crippen LogP contribution is -2.17. The molecule has 1 atom stereocenters. The Bertz CT molecular complexity index is 1250. The van der Waals surface area contributed by atoms with Crippen LogP contribution in [0.1, 0.15) is 18.9 Å². The molecular weight excluding hydrogens is 383 g/mol. The van der Waals surface area contributed by atoms with Crippen LogP contribution in [0, 0.1) is 18.3 Å². The number of fused-ring (bicyclic) bond motifs is 1. The Morgan fingerprint density at radius 2 is 2.00 bits per heavy atom. The standard InChI is InChI=1S/C22H19FN6O/c1-24-20-11-25-19-10-9-17(27-29(19)20)22-21(15-5-7-16(23)8-6-15)26-13-28(22)18(12-30-2)14-3-4-14/h5-11,13-14,18H,3-4,12H2,2H3. The first-order valence-electron chi connectivity index (χ1n) is 9.74. The Kier molecular flexibility index (Phi) is 4.52. The van der Waals surface area contributed by atoms with E-state index in [0.29, 0.717) is 35.4 Å². The van der Waals surface area contributed by atoms with Crippen molar-refractivity contribution in [1.29, 1.82) is 0 Å². The highest BCUT2D eigenvalue weighted by atomic mass is 19.1. The topological polar surface area (TPSA) is 61.6 Å². The highest BCUT2D eigenvalue weighted by Crippen LogP contribution is 2.43.